The molecule has 8 heteroatoms. The zero-order chi connectivity index (χ0) is 16.4. The summed E-state index contributed by atoms with van der Waals surface area (Å²) in [6, 6.07) is 3.53. The van der Waals surface area contributed by atoms with Gasteiger partial charge in [-0.2, -0.15) is 0 Å². The standard InChI is InChI=1S/C14H12N2O6/c1-7(17)16-6-11(5-12(16)18)15-10-3-8(13(19)20)2-9(4-10)14(21)22/h2-5,15H,6H2,1H3,(H,19,20)(H,21,22). The number of nitrogens with zero attached hydrogens (tertiary/aromatic N) is 1. The Morgan fingerprint density at radius 3 is 2.05 bits per heavy atom. The minimum atomic E-state index is -1.27. The van der Waals surface area contributed by atoms with E-state index >= 15 is 0 Å². The third-order valence-electron chi connectivity index (χ3n) is 3.00. The zero-order valence-electron chi connectivity index (χ0n) is 11.5. The van der Waals surface area contributed by atoms with Gasteiger partial charge in [-0.15, -0.1) is 0 Å². The van der Waals surface area contributed by atoms with Crippen LogP contribution in [0.5, 0.6) is 0 Å². The second-order valence-corrected chi connectivity index (χ2v) is 4.65. The number of imide groups is 1. The average molecular weight is 304 g/mol. The molecular weight excluding hydrogens is 292 g/mol. The van der Waals surface area contributed by atoms with Crippen molar-refractivity contribution in [3.05, 3.63) is 41.1 Å². The minimum absolute atomic E-state index is 0.0217. The topological polar surface area (TPSA) is 124 Å². The first-order chi connectivity index (χ1) is 10.3. The summed E-state index contributed by atoms with van der Waals surface area (Å²) < 4.78 is 0. The average Bonchev–Trinajstić information content (AvgIpc) is 2.79. The number of hydrogen-bond acceptors (Lipinski definition) is 5. The predicted octanol–water partition coefficient (Wildman–Crippen LogP) is 0.768. The van der Waals surface area contributed by atoms with Crippen LogP contribution in [-0.4, -0.2) is 45.4 Å². The fourth-order valence-electron chi connectivity index (χ4n) is 2.00. The Labute approximate surface area is 124 Å². The molecule has 0 aromatic heterocycles. The highest BCUT2D eigenvalue weighted by molar-refractivity contribution is 6.03. The lowest BCUT2D eigenvalue weighted by Crippen LogP contribution is -2.31. The van der Waals surface area contributed by atoms with Crippen LogP contribution in [0.4, 0.5) is 5.69 Å². The van der Waals surface area contributed by atoms with E-state index in [1.54, 1.807) is 0 Å². The van der Waals surface area contributed by atoms with Gasteiger partial charge >= 0.3 is 11.9 Å². The summed E-state index contributed by atoms with van der Waals surface area (Å²) in [4.78, 5) is 45.8. The number of aromatic carboxylic acids is 2. The Hall–Kier alpha value is -3.16. The molecule has 0 atom stereocenters. The van der Waals surface area contributed by atoms with E-state index in [0.29, 0.717) is 5.70 Å². The third-order valence-corrected chi connectivity index (χ3v) is 3.00. The van der Waals surface area contributed by atoms with Gasteiger partial charge in [-0.25, -0.2) is 9.59 Å². The van der Waals surface area contributed by atoms with Crippen LogP contribution in [0, 0.1) is 0 Å². The molecule has 8 nitrogen and oxygen atoms in total. The van der Waals surface area contributed by atoms with Crippen LogP contribution in [0.25, 0.3) is 0 Å². The van der Waals surface area contributed by atoms with Crippen LogP contribution >= 0.6 is 0 Å². The molecular formula is C14H12N2O6. The van der Waals surface area contributed by atoms with Crippen molar-refractivity contribution in [2.75, 3.05) is 11.9 Å². The van der Waals surface area contributed by atoms with Crippen molar-refractivity contribution in [2.24, 2.45) is 0 Å². The molecule has 1 aromatic carbocycles. The van der Waals surface area contributed by atoms with Crippen LogP contribution in [0.15, 0.2) is 30.0 Å². The summed E-state index contributed by atoms with van der Waals surface area (Å²) >= 11 is 0. The van der Waals surface area contributed by atoms with Crippen molar-refractivity contribution < 1.29 is 29.4 Å². The second kappa shape index (κ2) is 5.68. The summed E-state index contributed by atoms with van der Waals surface area (Å²) in [6.07, 6.45) is 1.20. The Morgan fingerprint density at radius 2 is 1.64 bits per heavy atom. The lowest BCUT2D eigenvalue weighted by Gasteiger charge is -2.13. The van der Waals surface area contributed by atoms with E-state index in [1.165, 1.54) is 25.1 Å². The summed E-state index contributed by atoms with van der Waals surface area (Å²) in [5, 5.41) is 20.7. The summed E-state index contributed by atoms with van der Waals surface area (Å²) in [7, 11) is 0. The number of hydrogen-bond donors (Lipinski definition) is 3. The van der Waals surface area contributed by atoms with E-state index in [0.717, 1.165) is 11.0 Å². The Kier molecular flexibility index (Phi) is 3.93. The molecule has 1 aromatic rings. The van der Waals surface area contributed by atoms with Crippen molar-refractivity contribution in [3.63, 3.8) is 0 Å². The molecule has 3 N–H and O–H groups in total. The van der Waals surface area contributed by atoms with Gasteiger partial charge < -0.3 is 15.5 Å². The highest BCUT2D eigenvalue weighted by Crippen LogP contribution is 2.20. The third kappa shape index (κ3) is 3.11. The molecule has 22 heavy (non-hydrogen) atoms. The largest absolute Gasteiger partial charge is 0.478 e. The molecule has 2 amide bonds. The molecule has 2 rings (SSSR count). The fraction of sp³-hybridized carbons (Fsp3) is 0.143. The van der Waals surface area contributed by atoms with Gasteiger partial charge in [-0.05, 0) is 18.2 Å². The van der Waals surface area contributed by atoms with Gasteiger partial charge in [0.2, 0.25) is 5.91 Å². The molecule has 1 heterocycles. The molecule has 0 radical (unpaired) electrons. The summed E-state index contributed by atoms with van der Waals surface area (Å²) in [5.74, 6) is -3.44. The van der Waals surface area contributed by atoms with Gasteiger partial charge in [0.1, 0.15) is 0 Å². The van der Waals surface area contributed by atoms with E-state index in [-0.39, 0.29) is 23.4 Å². The van der Waals surface area contributed by atoms with Crippen molar-refractivity contribution in [1.29, 1.82) is 0 Å². The first kappa shape index (κ1) is 15.2. The number of nitrogens with one attached hydrogen (secondary N) is 1. The van der Waals surface area contributed by atoms with Crippen molar-refractivity contribution in [2.45, 2.75) is 6.92 Å². The van der Waals surface area contributed by atoms with Crippen LogP contribution in [-0.2, 0) is 9.59 Å². The SMILES string of the molecule is CC(=O)N1CC(Nc2cc(C(=O)O)cc(C(=O)O)c2)=CC1=O. The second-order valence-electron chi connectivity index (χ2n) is 4.65. The first-order valence-electron chi connectivity index (χ1n) is 6.19. The van der Waals surface area contributed by atoms with Crippen LogP contribution in [0.3, 0.4) is 0 Å². The van der Waals surface area contributed by atoms with Crippen molar-refractivity contribution in [3.8, 4) is 0 Å². The Balaban J connectivity index is 2.29. The van der Waals surface area contributed by atoms with Crippen LogP contribution in [0.1, 0.15) is 27.6 Å². The number of rotatable bonds is 4. The number of anilines is 1. The lowest BCUT2D eigenvalue weighted by atomic mass is 10.1. The van der Waals surface area contributed by atoms with Gasteiger partial charge in [0.25, 0.3) is 5.91 Å². The van der Waals surface area contributed by atoms with Gasteiger partial charge in [-0.3, -0.25) is 14.5 Å². The van der Waals surface area contributed by atoms with E-state index in [4.69, 9.17) is 10.2 Å². The molecule has 0 fully saturated rings. The van der Waals surface area contributed by atoms with E-state index < -0.39 is 23.8 Å². The Bertz CT molecular complexity index is 690. The molecule has 1 aliphatic rings. The molecule has 114 valence electrons. The molecule has 0 bridgehead atoms. The van der Waals surface area contributed by atoms with Gasteiger partial charge in [0.15, 0.2) is 0 Å². The number of carbonyl (C=O) groups is 4. The highest BCUT2D eigenvalue weighted by Gasteiger charge is 2.25. The number of carbonyl (C=O) groups excluding carboxylic acids is 2. The number of amides is 2. The number of benzene rings is 1. The predicted molar refractivity (Wildman–Crippen MR) is 74.5 cm³/mol. The van der Waals surface area contributed by atoms with E-state index in [9.17, 15) is 19.2 Å². The smallest absolute Gasteiger partial charge is 0.335 e. The summed E-state index contributed by atoms with van der Waals surface area (Å²) in [6.45, 7) is 1.27. The molecule has 0 unspecified atom stereocenters. The number of carboxylic acids is 2. The maximum Gasteiger partial charge on any atom is 0.335 e. The lowest BCUT2D eigenvalue weighted by molar-refractivity contribution is -0.138. The highest BCUT2D eigenvalue weighted by atomic mass is 16.4. The molecule has 0 aliphatic carbocycles. The molecule has 1 aliphatic heterocycles. The van der Waals surface area contributed by atoms with Crippen molar-refractivity contribution in [1.82, 2.24) is 4.90 Å². The van der Waals surface area contributed by atoms with Gasteiger partial charge in [0.05, 0.1) is 17.7 Å². The maximum atomic E-state index is 11.6. The van der Waals surface area contributed by atoms with E-state index in [1.807, 2.05) is 0 Å². The number of carboxylic acid groups (broad SMARTS) is 2. The van der Waals surface area contributed by atoms with Gasteiger partial charge in [-0.1, -0.05) is 0 Å². The normalized spacial score (nSPS) is 13.8. The fourth-order valence-corrected chi connectivity index (χ4v) is 2.00. The molecule has 0 spiro atoms. The van der Waals surface area contributed by atoms with Crippen molar-refractivity contribution >= 4 is 29.4 Å². The monoisotopic (exact) mass is 304 g/mol. The molecule has 0 saturated heterocycles. The Morgan fingerprint density at radius 1 is 1.09 bits per heavy atom. The van der Waals surface area contributed by atoms with Gasteiger partial charge in [0, 0.05) is 24.4 Å². The maximum absolute atomic E-state index is 11.6. The van der Waals surface area contributed by atoms with E-state index in [2.05, 4.69) is 5.32 Å². The first-order valence-corrected chi connectivity index (χ1v) is 6.19. The molecule has 0 saturated carbocycles. The van der Waals surface area contributed by atoms with Crippen LogP contribution < -0.4 is 5.32 Å². The minimum Gasteiger partial charge on any atom is -0.478 e. The zero-order valence-corrected chi connectivity index (χ0v) is 11.5. The summed E-state index contributed by atoms with van der Waals surface area (Å²) in [5.41, 5.74) is 0.187. The van der Waals surface area contributed by atoms with Crippen LogP contribution in [0.2, 0.25) is 0 Å². The quantitative estimate of drug-likeness (QED) is 0.750.